The van der Waals surface area contributed by atoms with Crippen LogP contribution in [0.25, 0.3) is 0 Å². The Labute approximate surface area is 98.2 Å². The molecule has 1 aromatic rings. The first-order chi connectivity index (χ1) is 7.66. The van der Waals surface area contributed by atoms with Gasteiger partial charge in [0.15, 0.2) is 0 Å². The lowest BCUT2D eigenvalue weighted by atomic mass is 10.2. The molecule has 1 aliphatic rings. The van der Waals surface area contributed by atoms with E-state index in [-0.39, 0.29) is 5.02 Å². The summed E-state index contributed by atoms with van der Waals surface area (Å²) < 4.78 is 26.4. The summed E-state index contributed by atoms with van der Waals surface area (Å²) in [6, 6.07) is 2.22. The second kappa shape index (κ2) is 5.08. The number of nitrogens with one attached hydrogen (secondary N) is 1. The standard InChI is InChI=1S/C11H13ClF2N2/c12-9-5-8(10(13)6-11(9)14)7-16-3-1-15-2-4-16/h5-6,15H,1-4,7H2. The molecule has 1 aromatic carbocycles. The first-order valence-electron chi connectivity index (χ1n) is 5.23. The topological polar surface area (TPSA) is 15.3 Å². The van der Waals surface area contributed by atoms with E-state index in [0.717, 1.165) is 32.2 Å². The van der Waals surface area contributed by atoms with Crippen LogP contribution in [0.2, 0.25) is 5.02 Å². The number of nitrogens with zero attached hydrogens (tertiary/aromatic N) is 1. The third kappa shape index (κ3) is 2.70. The lowest BCUT2D eigenvalue weighted by Crippen LogP contribution is -2.43. The Balaban J connectivity index is 2.11. The van der Waals surface area contributed by atoms with Gasteiger partial charge in [-0.15, -0.1) is 0 Å². The largest absolute Gasteiger partial charge is 0.314 e. The monoisotopic (exact) mass is 246 g/mol. The minimum Gasteiger partial charge on any atom is -0.314 e. The fourth-order valence-corrected chi connectivity index (χ4v) is 1.98. The molecular weight excluding hydrogens is 234 g/mol. The van der Waals surface area contributed by atoms with Crippen LogP contribution in [-0.4, -0.2) is 31.1 Å². The van der Waals surface area contributed by atoms with Crippen LogP contribution in [0.5, 0.6) is 0 Å². The van der Waals surface area contributed by atoms with Crippen molar-refractivity contribution in [3.05, 3.63) is 34.4 Å². The van der Waals surface area contributed by atoms with Crippen molar-refractivity contribution in [1.82, 2.24) is 10.2 Å². The van der Waals surface area contributed by atoms with E-state index in [1.807, 2.05) is 0 Å². The van der Waals surface area contributed by atoms with Gasteiger partial charge in [-0.2, -0.15) is 0 Å². The molecule has 2 rings (SSSR count). The Kier molecular flexibility index (Phi) is 3.74. The first kappa shape index (κ1) is 11.8. The van der Waals surface area contributed by atoms with Crippen molar-refractivity contribution in [3.8, 4) is 0 Å². The predicted molar refractivity (Wildman–Crippen MR) is 59.5 cm³/mol. The zero-order chi connectivity index (χ0) is 11.5. The SMILES string of the molecule is Fc1cc(F)c(CN2CCNCC2)cc1Cl. The maximum Gasteiger partial charge on any atom is 0.144 e. The summed E-state index contributed by atoms with van der Waals surface area (Å²) in [5.74, 6) is -1.23. The van der Waals surface area contributed by atoms with Crippen molar-refractivity contribution in [2.45, 2.75) is 6.54 Å². The molecule has 88 valence electrons. The molecule has 0 aliphatic carbocycles. The fraction of sp³-hybridized carbons (Fsp3) is 0.455. The summed E-state index contributed by atoms with van der Waals surface area (Å²) >= 11 is 5.63. The van der Waals surface area contributed by atoms with Gasteiger partial charge in [-0.05, 0) is 6.07 Å². The summed E-state index contributed by atoms with van der Waals surface area (Å²) in [6.07, 6.45) is 0. The lowest BCUT2D eigenvalue weighted by molar-refractivity contribution is 0.230. The van der Waals surface area contributed by atoms with E-state index in [2.05, 4.69) is 10.2 Å². The number of halogens is 3. The van der Waals surface area contributed by atoms with Crippen molar-refractivity contribution in [3.63, 3.8) is 0 Å². The van der Waals surface area contributed by atoms with Gasteiger partial charge in [-0.1, -0.05) is 11.6 Å². The van der Waals surface area contributed by atoms with Crippen molar-refractivity contribution >= 4 is 11.6 Å². The Bertz CT molecular complexity index is 378. The third-order valence-corrected chi connectivity index (χ3v) is 2.98. The second-order valence-electron chi connectivity index (χ2n) is 3.88. The van der Waals surface area contributed by atoms with Gasteiger partial charge in [0.1, 0.15) is 11.6 Å². The summed E-state index contributed by atoms with van der Waals surface area (Å²) in [5.41, 5.74) is 0.452. The summed E-state index contributed by atoms with van der Waals surface area (Å²) in [7, 11) is 0. The molecule has 0 aromatic heterocycles. The number of hydrogen-bond donors (Lipinski definition) is 1. The van der Waals surface area contributed by atoms with Crippen molar-refractivity contribution in [2.24, 2.45) is 0 Å². The number of hydrogen-bond acceptors (Lipinski definition) is 2. The van der Waals surface area contributed by atoms with Crippen molar-refractivity contribution < 1.29 is 8.78 Å². The highest BCUT2D eigenvalue weighted by molar-refractivity contribution is 6.30. The molecule has 1 saturated heterocycles. The molecule has 0 amide bonds. The van der Waals surface area contributed by atoms with E-state index in [1.54, 1.807) is 0 Å². The third-order valence-electron chi connectivity index (χ3n) is 2.69. The average Bonchev–Trinajstić information content (AvgIpc) is 2.27. The maximum absolute atomic E-state index is 13.4. The maximum atomic E-state index is 13.4. The number of piperazine rings is 1. The summed E-state index contributed by atoms with van der Waals surface area (Å²) in [4.78, 5) is 2.11. The number of rotatable bonds is 2. The Morgan fingerprint density at radius 2 is 1.88 bits per heavy atom. The van der Waals surface area contributed by atoms with Crippen LogP contribution < -0.4 is 5.32 Å². The van der Waals surface area contributed by atoms with Crippen LogP contribution in [0.4, 0.5) is 8.78 Å². The van der Waals surface area contributed by atoms with E-state index in [1.165, 1.54) is 6.07 Å². The van der Waals surface area contributed by atoms with Gasteiger partial charge in [-0.25, -0.2) is 8.78 Å². The van der Waals surface area contributed by atoms with Crippen LogP contribution in [0, 0.1) is 11.6 Å². The molecule has 1 fully saturated rings. The highest BCUT2D eigenvalue weighted by Gasteiger charge is 2.14. The van der Waals surface area contributed by atoms with Crippen molar-refractivity contribution in [2.75, 3.05) is 26.2 Å². The Morgan fingerprint density at radius 1 is 1.19 bits per heavy atom. The van der Waals surface area contributed by atoms with E-state index in [0.29, 0.717) is 12.1 Å². The van der Waals surface area contributed by atoms with E-state index in [4.69, 9.17) is 11.6 Å². The zero-order valence-electron chi connectivity index (χ0n) is 8.77. The molecule has 0 atom stereocenters. The van der Waals surface area contributed by atoms with Gasteiger partial charge in [0, 0.05) is 44.4 Å². The minimum atomic E-state index is -0.705. The van der Waals surface area contributed by atoms with Crippen LogP contribution >= 0.6 is 11.6 Å². The van der Waals surface area contributed by atoms with Gasteiger partial charge >= 0.3 is 0 Å². The van der Waals surface area contributed by atoms with E-state index >= 15 is 0 Å². The average molecular weight is 247 g/mol. The van der Waals surface area contributed by atoms with Crippen LogP contribution in [0.15, 0.2) is 12.1 Å². The Morgan fingerprint density at radius 3 is 2.56 bits per heavy atom. The van der Waals surface area contributed by atoms with E-state index in [9.17, 15) is 8.78 Å². The van der Waals surface area contributed by atoms with Crippen LogP contribution in [-0.2, 0) is 6.54 Å². The van der Waals surface area contributed by atoms with Gasteiger partial charge in [0.05, 0.1) is 5.02 Å². The molecule has 1 aliphatic heterocycles. The molecule has 0 unspecified atom stereocenters. The van der Waals surface area contributed by atoms with Crippen molar-refractivity contribution in [1.29, 1.82) is 0 Å². The Hall–Kier alpha value is -0.710. The van der Waals surface area contributed by atoms with Crippen LogP contribution in [0.3, 0.4) is 0 Å². The molecular formula is C11H13ClF2N2. The summed E-state index contributed by atoms with van der Waals surface area (Å²) in [5, 5.41) is 3.19. The van der Waals surface area contributed by atoms with Crippen LogP contribution in [0.1, 0.15) is 5.56 Å². The summed E-state index contributed by atoms with van der Waals surface area (Å²) in [6.45, 7) is 4.02. The highest BCUT2D eigenvalue weighted by Crippen LogP contribution is 2.20. The second-order valence-corrected chi connectivity index (χ2v) is 4.29. The predicted octanol–water partition coefficient (Wildman–Crippen LogP) is 2.02. The molecule has 1 heterocycles. The minimum absolute atomic E-state index is 0.0217. The molecule has 0 radical (unpaired) electrons. The molecule has 16 heavy (non-hydrogen) atoms. The van der Waals surface area contributed by atoms with Gasteiger partial charge < -0.3 is 5.32 Å². The normalized spacial score (nSPS) is 17.7. The lowest BCUT2D eigenvalue weighted by Gasteiger charge is -2.27. The molecule has 0 spiro atoms. The van der Waals surface area contributed by atoms with Gasteiger partial charge in [-0.3, -0.25) is 4.90 Å². The molecule has 2 nitrogen and oxygen atoms in total. The molecule has 5 heteroatoms. The molecule has 0 saturated carbocycles. The van der Waals surface area contributed by atoms with E-state index < -0.39 is 11.6 Å². The van der Waals surface area contributed by atoms with Gasteiger partial charge in [0.2, 0.25) is 0 Å². The quantitative estimate of drug-likeness (QED) is 0.804. The highest BCUT2D eigenvalue weighted by atomic mass is 35.5. The smallest absolute Gasteiger partial charge is 0.144 e. The molecule has 0 bridgehead atoms. The number of benzene rings is 1. The van der Waals surface area contributed by atoms with Gasteiger partial charge in [0.25, 0.3) is 0 Å². The fourth-order valence-electron chi connectivity index (χ4n) is 1.80. The zero-order valence-corrected chi connectivity index (χ0v) is 9.53. The first-order valence-corrected chi connectivity index (χ1v) is 5.61. The molecule has 1 N–H and O–H groups in total.